The Hall–Kier alpha value is -3.36. The molecule has 0 spiro atoms. The van der Waals surface area contributed by atoms with Gasteiger partial charge in [-0.25, -0.2) is 4.98 Å². The molecule has 8 heteroatoms. The average molecular weight is 420 g/mol. The van der Waals surface area contributed by atoms with E-state index < -0.39 is 6.10 Å². The molecule has 4 rings (SSSR count). The van der Waals surface area contributed by atoms with Crippen molar-refractivity contribution in [2.45, 2.75) is 6.10 Å². The summed E-state index contributed by atoms with van der Waals surface area (Å²) in [6.45, 7) is 1.30. The average Bonchev–Trinajstić information content (AvgIpc) is 2.83. The van der Waals surface area contributed by atoms with E-state index >= 15 is 0 Å². The molecular formula is C23H24N4O4. The van der Waals surface area contributed by atoms with Crippen LogP contribution in [0.1, 0.15) is 32.5 Å². The molecule has 1 aliphatic rings. The van der Waals surface area contributed by atoms with Gasteiger partial charge in [-0.2, -0.15) is 0 Å². The van der Waals surface area contributed by atoms with Gasteiger partial charge in [-0.05, 0) is 24.3 Å². The number of amides is 2. The smallest absolute Gasteiger partial charge is 0.255 e. The van der Waals surface area contributed by atoms with Crippen molar-refractivity contribution >= 4 is 22.7 Å². The molecule has 0 radical (unpaired) electrons. The number of pyridine rings is 2. The zero-order valence-electron chi connectivity index (χ0n) is 17.3. The monoisotopic (exact) mass is 420 g/mol. The van der Waals surface area contributed by atoms with Crippen LogP contribution < -0.4 is 0 Å². The molecule has 1 N–H and O–H groups in total. The van der Waals surface area contributed by atoms with Crippen molar-refractivity contribution < 1.29 is 19.4 Å². The Morgan fingerprint density at radius 1 is 1.26 bits per heavy atom. The maximum atomic E-state index is 13.0. The highest BCUT2D eigenvalue weighted by Gasteiger charge is 2.28. The number of rotatable bonds is 5. The molecule has 3 aromatic rings. The number of ether oxygens (including phenoxy) is 1. The maximum Gasteiger partial charge on any atom is 0.255 e. The molecule has 0 unspecified atom stereocenters. The molecule has 0 bridgehead atoms. The highest BCUT2D eigenvalue weighted by molar-refractivity contribution is 6.06. The second kappa shape index (κ2) is 9.20. The van der Waals surface area contributed by atoms with Gasteiger partial charge in [0, 0.05) is 37.9 Å². The van der Waals surface area contributed by atoms with Crippen LogP contribution in [0.5, 0.6) is 0 Å². The quantitative estimate of drug-likeness (QED) is 0.677. The molecule has 8 nitrogen and oxygen atoms in total. The minimum atomic E-state index is -0.450. The summed E-state index contributed by atoms with van der Waals surface area (Å²) >= 11 is 0. The molecule has 1 aromatic carbocycles. The van der Waals surface area contributed by atoms with Crippen LogP contribution in [-0.4, -0.2) is 76.6 Å². The number of hydrogen-bond acceptors (Lipinski definition) is 6. The number of nitrogens with zero attached hydrogens (tertiary/aromatic N) is 4. The fourth-order valence-electron chi connectivity index (χ4n) is 3.68. The largest absolute Gasteiger partial charge is 0.395 e. The molecule has 2 aromatic heterocycles. The molecule has 3 heterocycles. The molecular weight excluding hydrogens is 396 g/mol. The molecule has 1 saturated heterocycles. The Balaban J connectivity index is 1.66. The molecule has 2 amide bonds. The van der Waals surface area contributed by atoms with Crippen LogP contribution >= 0.6 is 0 Å². The van der Waals surface area contributed by atoms with E-state index in [4.69, 9.17) is 9.72 Å². The highest BCUT2D eigenvalue weighted by Crippen LogP contribution is 2.27. The Labute approximate surface area is 180 Å². The normalized spacial score (nSPS) is 16.3. The van der Waals surface area contributed by atoms with Crippen molar-refractivity contribution in [2.24, 2.45) is 0 Å². The molecule has 31 heavy (non-hydrogen) atoms. The van der Waals surface area contributed by atoms with Gasteiger partial charge in [-0.3, -0.25) is 14.6 Å². The van der Waals surface area contributed by atoms with E-state index in [2.05, 4.69) is 4.98 Å². The fourth-order valence-corrected chi connectivity index (χ4v) is 3.68. The number of morpholine rings is 1. The van der Waals surface area contributed by atoms with E-state index in [0.29, 0.717) is 42.0 Å². The summed E-state index contributed by atoms with van der Waals surface area (Å²) in [5.74, 6) is -0.311. The van der Waals surface area contributed by atoms with Crippen LogP contribution in [0.15, 0.2) is 54.9 Å². The Morgan fingerprint density at radius 3 is 2.87 bits per heavy atom. The van der Waals surface area contributed by atoms with Gasteiger partial charge in [-0.15, -0.1) is 0 Å². The number of carbonyl (C=O) groups is 2. The Morgan fingerprint density at radius 2 is 2.10 bits per heavy atom. The number of aromatic nitrogens is 2. The van der Waals surface area contributed by atoms with Gasteiger partial charge in [0.15, 0.2) is 0 Å². The SMILES string of the molecule is CN(CCO)C(=O)c1cc([C@H]2CN(C(=O)c3cccnc3)CCO2)nc2ccccc12. The third-order valence-electron chi connectivity index (χ3n) is 5.34. The number of aliphatic hydroxyl groups is 1. The summed E-state index contributed by atoms with van der Waals surface area (Å²) < 4.78 is 5.94. The second-order valence-electron chi connectivity index (χ2n) is 7.41. The van der Waals surface area contributed by atoms with E-state index in [-0.39, 0.29) is 25.0 Å². The van der Waals surface area contributed by atoms with Crippen molar-refractivity contribution in [2.75, 3.05) is 39.9 Å². The number of aliphatic hydroxyl groups excluding tert-OH is 1. The molecule has 1 aliphatic heterocycles. The third-order valence-corrected chi connectivity index (χ3v) is 5.34. The van der Waals surface area contributed by atoms with Gasteiger partial charge in [0.2, 0.25) is 0 Å². The van der Waals surface area contributed by atoms with Crippen molar-refractivity contribution in [3.63, 3.8) is 0 Å². The van der Waals surface area contributed by atoms with Gasteiger partial charge < -0.3 is 19.6 Å². The Bertz CT molecular complexity index is 1090. The lowest BCUT2D eigenvalue weighted by Gasteiger charge is -2.33. The summed E-state index contributed by atoms with van der Waals surface area (Å²) in [6, 6.07) is 12.6. The van der Waals surface area contributed by atoms with Crippen LogP contribution in [-0.2, 0) is 4.74 Å². The van der Waals surface area contributed by atoms with E-state index in [9.17, 15) is 14.7 Å². The van der Waals surface area contributed by atoms with Gasteiger partial charge in [0.1, 0.15) is 6.10 Å². The first kappa shape index (κ1) is 20.9. The maximum absolute atomic E-state index is 13.0. The number of hydrogen-bond donors (Lipinski definition) is 1. The van der Waals surface area contributed by atoms with Crippen LogP contribution in [0.2, 0.25) is 0 Å². The number of likely N-dealkylation sites (N-methyl/N-ethyl adjacent to an activating group) is 1. The first-order valence-electron chi connectivity index (χ1n) is 10.2. The predicted molar refractivity (Wildman–Crippen MR) is 115 cm³/mol. The van der Waals surface area contributed by atoms with Crippen LogP contribution in [0.25, 0.3) is 10.9 Å². The fraction of sp³-hybridized carbons (Fsp3) is 0.304. The lowest BCUT2D eigenvalue weighted by molar-refractivity contribution is -0.0246. The number of carbonyl (C=O) groups excluding carboxylic acids is 2. The molecule has 1 atom stereocenters. The zero-order valence-corrected chi connectivity index (χ0v) is 17.3. The van der Waals surface area contributed by atoms with E-state index in [0.717, 1.165) is 5.39 Å². The lowest BCUT2D eigenvalue weighted by atomic mass is 10.0. The summed E-state index contributed by atoms with van der Waals surface area (Å²) in [6.07, 6.45) is 2.73. The van der Waals surface area contributed by atoms with Crippen molar-refractivity contribution in [1.29, 1.82) is 0 Å². The van der Waals surface area contributed by atoms with E-state index in [1.807, 2.05) is 24.3 Å². The molecule has 0 aliphatic carbocycles. The first-order chi connectivity index (χ1) is 15.1. The number of fused-ring (bicyclic) bond motifs is 1. The second-order valence-corrected chi connectivity index (χ2v) is 7.41. The summed E-state index contributed by atoms with van der Waals surface area (Å²) in [5, 5.41) is 9.95. The first-order valence-corrected chi connectivity index (χ1v) is 10.2. The summed E-state index contributed by atoms with van der Waals surface area (Å²) in [4.78, 5) is 37.8. The number of benzene rings is 1. The molecule has 1 fully saturated rings. The van der Waals surface area contributed by atoms with Crippen molar-refractivity contribution in [3.8, 4) is 0 Å². The van der Waals surface area contributed by atoms with Gasteiger partial charge >= 0.3 is 0 Å². The third kappa shape index (κ3) is 4.40. The van der Waals surface area contributed by atoms with Gasteiger partial charge in [0.05, 0.1) is 42.1 Å². The lowest BCUT2D eigenvalue weighted by Crippen LogP contribution is -2.42. The van der Waals surface area contributed by atoms with Gasteiger partial charge in [-0.1, -0.05) is 18.2 Å². The molecule has 160 valence electrons. The standard InChI is InChI=1S/C23H24N4O4/c1-26(9-11-28)23(30)18-13-20(25-19-7-3-2-6-17(18)19)21-15-27(10-12-31-21)22(29)16-5-4-8-24-14-16/h2-8,13-14,21,28H,9-12,15H2,1H3/t21-/m1/s1. The number of para-hydroxylation sites is 1. The summed E-state index contributed by atoms with van der Waals surface area (Å²) in [5.41, 5.74) is 2.30. The predicted octanol–water partition coefficient (Wildman–Crippen LogP) is 1.91. The van der Waals surface area contributed by atoms with Crippen LogP contribution in [0.4, 0.5) is 0 Å². The zero-order chi connectivity index (χ0) is 21.8. The molecule has 0 saturated carbocycles. The highest BCUT2D eigenvalue weighted by atomic mass is 16.5. The Kier molecular flexibility index (Phi) is 6.20. The van der Waals surface area contributed by atoms with Crippen molar-refractivity contribution in [1.82, 2.24) is 19.8 Å². The van der Waals surface area contributed by atoms with Gasteiger partial charge in [0.25, 0.3) is 11.8 Å². The van der Waals surface area contributed by atoms with Crippen molar-refractivity contribution in [3.05, 3.63) is 71.7 Å². The van der Waals surface area contributed by atoms with Crippen LogP contribution in [0, 0.1) is 0 Å². The minimum absolute atomic E-state index is 0.110. The van der Waals surface area contributed by atoms with Crippen LogP contribution in [0.3, 0.4) is 0 Å². The van der Waals surface area contributed by atoms with E-state index in [1.54, 1.807) is 42.5 Å². The minimum Gasteiger partial charge on any atom is -0.395 e. The topological polar surface area (TPSA) is 95.9 Å². The summed E-state index contributed by atoms with van der Waals surface area (Å²) in [7, 11) is 1.65. The van der Waals surface area contributed by atoms with E-state index in [1.165, 1.54) is 4.90 Å².